The molecule has 1 fully saturated rings. The summed E-state index contributed by atoms with van der Waals surface area (Å²) in [7, 11) is 0. The molecule has 2 N–H and O–H groups in total. The molecule has 2 heterocycles. The van der Waals surface area contributed by atoms with E-state index in [1.807, 2.05) is 0 Å². The summed E-state index contributed by atoms with van der Waals surface area (Å²) in [5, 5.41) is 5.39. The Bertz CT molecular complexity index is 599. The van der Waals surface area contributed by atoms with Crippen molar-refractivity contribution >= 4 is 11.8 Å². The van der Waals surface area contributed by atoms with Crippen LogP contribution in [0.2, 0.25) is 0 Å². The van der Waals surface area contributed by atoms with Crippen molar-refractivity contribution in [2.24, 2.45) is 0 Å². The van der Waals surface area contributed by atoms with E-state index in [4.69, 9.17) is 0 Å². The highest BCUT2D eigenvalue weighted by molar-refractivity contribution is 5.92. The van der Waals surface area contributed by atoms with E-state index in [-0.39, 0.29) is 24.1 Å². The van der Waals surface area contributed by atoms with E-state index in [0.29, 0.717) is 6.42 Å². The lowest BCUT2D eigenvalue weighted by Crippen LogP contribution is -2.62. The van der Waals surface area contributed by atoms with E-state index in [0.717, 1.165) is 12.1 Å². The van der Waals surface area contributed by atoms with Gasteiger partial charge in [0.05, 0.1) is 11.6 Å². The number of nitrogens with zero attached hydrogens (tertiary/aromatic N) is 1. The Morgan fingerprint density at radius 2 is 2.09 bits per heavy atom. The molecule has 0 radical (unpaired) electrons. The fourth-order valence-corrected chi connectivity index (χ4v) is 2.35. The van der Waals surface area contributed by atoms with Crippen LogP contribution < -0.4 is 10.6 Å². The maximum Gasteiger partial charge on any atom is 0.433 e. The van der Waals surface area contributed by atoms with Crippen LogP contribution in [-0.2, 0) is 11.0 Å². The first-order valence-corrected chi connectivity index (χ1v) is 6.76. The van der Waals surface area contributed by atoms with Crippen LogP contribution in [0.3, 0.4) is 0 Å². The number of rotatable bonds is 2. The molecule has 1 atom stereocenters. The zero-order chi connectivity index (χ0) is 16.5. The van der Waals surface area contributed by atoms with Crippen molar-refractivity contribution in [3.63, 3.8) is 0 Å². The highest BCUT2D eigenvalue weighted by Crippen LogP contribution is 2.27. The first-order valence-electron chi connectivity index (χ1n) is 6.76. The monoisotopic (exact) mass is 315 g/mol. The Balaban J connectivity index is 2.14. The molecule has 22 heavy (non-hydrogen) atoms. The summed E-state index contributed by atoms with van der Waals surface area (Å²) in [6.45, 7) is 3.49. The molecule has 0 bridgehead atoms. The molecule has 0 spiro atoms. The molecule has 0 aromatic carbocycles. The number of carbonyl (C=O) groups excluding carboxylic acids is 2. The second-order valence-corrected chi connectivity index (χ2v) is 5.74. The van der Waals surface area contributed by atoms with Gasteiger partial charge in [0.15, 0.2) is 0 Å². The molecule has 1 unspecified atom stereocenters. The average Bonchev–Trinajstić information content (AvgIpc) is 2.40. The number of piperidine rings is 1. The molecule has 5 nitrogen and oxygen atoms in total. The summed E-state index contributed by atoms with van der Waals surface area (Å²) >= 11 is 0. The van der Waals surface area contributed by atoms with Gasteiger partial charge in [-0.2, -0.15) is 13.2 Å². The fraction of sp³-hybridized carbons (Fsp3) is 0.500. The smallest absolute Gasteiger partial charge is 0.349 e. The van der Waals surface area contributed by atoms with Crippen molar-refractivity contribution < 1.29 is 22.8 Å². The molecule has 0 saturated carbocycles. The normalized spacial score (nSPS) is 21.1. The van der Waals surface area contributed by atoms with E-state index < -0.39 is 23.3 Å². The number of pyridine rings is 1. The van der Waals surface area contributed by atoms with Crippen molar-refractivity contribution in [1.82, 2.24) is 15.6 Å². The van der Waals surface area contributed by atoms with Gasteiger partial charge in [0.2, 0.25) is 5.91 Å². The molecular weight excluding hydrogens is 299 g/mol. The summed E-state index contributed by atoms with van der Waals surface area (Å²) in [5.74, 6) is -0.812. The predicted molar refractivity (Wildman–Crippen MR) is 71.9 cm³/mol. The fourth-order valence-electron chi connectivity index (χ4n) is 2.35. The number of carbonyl (C=O) groups is 2. The summed E-state index contributed by atoms with van der Waals surface area (Å²) in [4.78, 5) is 26.8. The molecule has 1 aliphatic heterocycles. The Hall–Kier alpha value is -2.12. The second kappa shape index (κ2) is 5.58. The molecule has 2 amide bonds. The third-order valence-electron chi connectivity index (χ3n) is 3.57. The molecule has 8 heteroatoms. The topological polar surface area (TPSA) is 71.1 Å². The van der Waals surface area contributed by atoms with Crippen molar-refractivity contribution in [3.05, 3.63) is 29.6 Å². The highest BCUT2D eigenvalue weighted by Gasteiger charge is 2.37. The third-order valence-corrected chi connectivity index (χ3v) is 3.57. The maximum atomic E-state index is 12.6. The van der Waals surface area contributed by atoms with Crippen molar-refractivity contribution in [2.75, 3.05) is 0 Å². The van der Waals surface area contributed by atoms with Gasteiger partial charge in [0.1, 0.15) is 11.4 Å². The molecule has 1 aliphatic rings. The van der Waals surface area contributed by atoms with Gasteiger partial charge in [0.25, 0.3) is 5.91 Å². The van der Waals surface area contributed by atoms with Crippen LogP contribution in [0.4, 0.5) is 13.2 Å². The number of aromatic nitrogens is 1. The Kier molecular flexibility index (Phi) is 4.12. The first kappa shape index (κ1) is 16.3. The van der Waals surface area contributed by atoms with Gasteiger partial charge < -0.3 is 10.6 Å². The van der Waals surface area contributed by atoms with Gasteiger partial charge in [-0.3, -0.25) is 9.59 Å². The predicted octanol–water partition coefficient (Wildman–Crippen LogP) is 1.89. The van der Waals surface area contributed by atoms with Gasteiger partial charge >= 0.3 is 6.18 Å². The van der Waals surface area contributed by atoms with Crippen molar-refractivity contribution in [1.29, 1.82) is 0 Å². The summed E-state index contributed by atoms with van der Waals surface area (Å²) in [6.07, 6.45) is -3.93. The number of hydrogen-bond acceptors (Lipinski definition) is 3. The van der Waals surface area contributed by atoms with E-state index >= 15 is 0 Å². The van der Waals surface area contributed by atoms with Crippen LogP contribution in [0.25, 0.3) is 0 Å². The quantitative estimate of drug-likeness (QED) is 0.875. The minimum Gasteiger partial charge on any atom is -0.349 e. The van der Waals surface area contributed by atoms with Crippen LogP contribution in [0, 0.1) is 0 Å². The largest absolute Gasteiger partial charge is 0.433 e. The standard InChI is InChI=1S/C14H16F3N3O2/c1-13(2)9(6-7-11(21)20-13)19-12(22)8-4-3-5-10(18-8)14(15,16)17/h3-5,9H,6-7H2,1-2H3,(H,19,22)(H,20,21). The van der Waals surface area contributed by atoms with Crippen LogP contribution in [0.1, 0.15) is 42.9 Å². The van der Waals surface area contributed by atoms with E-state index in [1.165, 1.54) is 6.07 Å². The molecule has 1 aromatic rings. The van der Waals surface area contributed by atoms with E-state index in [9.17, 15) is 22.8 Å². The number of halogens is 3. The molecule has 1 aromatic heterocycles. The number of amides is 2. The number of hydrogen-bond donors (Lipinski definition) is 2. The molecule has 2 rings (SSSR count). The Labute approximate surface area is 125 Å². The van der Waals surface area contributed by atoms with Crippen LogP contribution in [0.5, 0.6) is 0 Å². The van der Waals surface area contributed by atoms with Crippen molar-refractivity contribution in [2.45, 2.75) is 44.4 Å². The molecule has 0 aliphatic carbocycles. The zero-order valence-corrected chi connectivity index (χ0v) is 12.1. The lowest BCUT2D eigenvalue weighted by molar-refractivity contribution is -0.141. The van der Waals surface area contributed by atoms with Gasteiger partial charge in [-0.1, -0.05) is 6.07 Å². The number of alkyl halides is 3. The van der Waals surface area contributed by atoms with Crippen LogP contribution in [0.15, 0.2) is 18.2 Å². The molecular formula is C14H16F3N3O2. The lowest BCUT2D eigenvalue weighted by Gasteiger charge is -2.39. The molecule has 1 saturated heterocycles. The van der Waals surface area contributed by atoms with Gasteiger partial charge in [-0.25, -0.2) is 4.98 Å². The second-order valence-electron chi connectivity index (χ2n) is 5.74. The first-order chi connectivity index (χ1) is 10.1. The van der Waals surface area contributed by atoms with Crippen molar-refractivity contribution in [3.8, 4) is 0 Å². The molecule has 120 valence electrons. The SMILES string of the molecule is CC1(C)NC(=O)CCC1NC(=O)c1cccc(C(F)(F)F)n1. The van der Waals surface area contributed by atoms with E-state index in [1.54, 1.807) is 13.8 Å². The van der Waals surface area contributed by atoms with Gasteiger partial charge in [0, 0.05) is 6.42 Å². The summed E-state index contributed by atoms with van der Waals surface area (Å²) in [5.41, 5.74) is -2.09. The van der Waals surface area contributed by atoms with Gasteiger partial charge in [-0.15, -0.1) is 0 Å². The summed E-state index contributed by atoms with van der Waals surface area (Å²) < 4.78 is 37.8. The highest BCUT2D eigenvalue weighted by atomic mass is 19.4. The van der Waals surface area contributed by atoms with E-state index in [2.05, 4.69) is 15.6 Å². The lowest BCUT2D eigenvalue weighted by atomic mass is 9.87. The maximum absolute atomic E-state index is 12.6. The zero-order valence-electron chi connectivity index (χ0n) is 12.1. The van der Waals surface area contributed by atoms with Gasteiger partial charge in [-0.05, 0) is 32.4 Å². The Morgan fingerprint density at radius 1 is 1.41 bits per heavy atom. The number of nitrogens with one attached hydrogen (secondary N) is 2. The minimum absolute atomic E-state index is 0.118. The Morgan fingerprint density at radius 3 is 2.68 bits per heavy atom. The third kappa shape index (κ3) is 3.55. The van der Waals surface area contributed by atoms with Crippen LogP contribution >= 0.6 is 0 Å². The minimum atomic E-state index is -4.60. The average molecular weight is 315 g/mol. The summed E-state index contributed by atoms with van der Waals surface area (Å²) in [6, 6.07) is 2.79. The van der Waals surface area contributed by atoms with Crippen LogP contribution in [-0.4, -0.2) is 28.4 Å².